The van der Waals surface area contributed by atoms with E-state index in [1.165, 1.54) is 0 Å². The Kier molecular flexibility index (Phi) is 5.01. The minimum absolute atomic E-state index is 0.157. The Hall–Kier alpha value is -0.0800. The lowest BCUT2D eigenvalue weighted by Gasteiger charge is -2.07. The van der Waals surface area contributed by atoms with Gasteiger partial charge in [0.1, 0.15) is 6.61 Å². The predicted molar refractivity (Wildman–Crippen MR) is 31.1 cm³/mol. The monoisotopic (exact) mass is 116 g/mol. The normalized spacial score (nSPS) is 13.9. The number of rotatable bonds is 4. The zero-order chi connectivity index (χ0) is 6.41. The highest BCUT2D eigenvalue weighted by atomic mass is 16.7. The second-order valence-corrected chi connectivity index (χ2v) is 1.42. The summed E-state index contributed by atoms with van der Waals surface area (Å²) in [5.74, 6) is 0. The van der Waals surface area contributed by atoms with Crippen LogP contribution in [0.2, 0.25) is 0 Å². The minimum Gasteiger partial charge on any atom is -0.356 e. The lowest BCUT2D eigenvalue weighted by Crippen LogP contribution is -2.07. The Bertz CT molecular complexity index is 45.8. The van der Waals surface area contributed by atoms with Gasteiger partial charge in [0.15, 0.2) is 6.29 Å². The fourth-order valence-corrected chi connectivity index (χ4v) is 0.249. The SMILES string of the molecule is CC[C]OC(C)OC. The van der Waals surface area contributed by atoms with Gasteiger partial charge in [-0.05, 0) is 13.3 Å². The fraction of sp³-hybridized carbons (Fsp3) is 0.833. The second kappa shape index (κ2) is 5.06. The highest BCUT2D eigenvalue weighted by molar-refractivity contribution is 4.43. The highest BCUT2D eigenvalue weighted by Crippen LogP contribution is 1.95. The van der Waals surface area contributed by atoms with Gasteiger partial charge in [-0.3, -0.25) is 0 Å². The van der Waals surface area contributed by atoms with Crippen molar-refractivity contribution in [1.82, 2.24) is 0 Å². The van der Waals surface area contributed by atoms with Crippen LogP contribution >= 0.6 is 0 Å². The lowest BCUT2D eigenvalue weighted by molar-refractivity contribution is -0.0862. The molecule has 0 aromatic heterocycles. The number of methoxy groups -OCH3 is 1. The van der Waals surface area contributed by atoms with Crippen LogP contribution in [0, 0.1) is 6.61 Å². The van der Waals surface area contributed by atoms with Gasteiger partial charge < -0.3 is 9.47 Å². The third kappa shape index (κ3) is 4.09. The van der Waals surface area contributed by atoms with Crippen LogP contribution in [0.15, 0.2) is 0 Å². The zero-order valence-electron chi connectivity index (χ0n) is 5.60. The van der Waals surface area contributed by atoms with Crippen LogP contribution in [0.4, 0.5) is 0 Å². The van der Waals surface area contributed by atoms with Crippen LogP contribution in [0.5, 0.6) is 0 Å². The number of hydrogen-bond acceptors (Lipinski definition) is 2. The van der Waals surface area contributed by atoms with Gasteiger partial charge >= 0.3 is 0 Å². The van der Waals surface area contributed by atoms with Crippen molar-refractivity contribution >= 4 is 0 Å². The molecule has 0 aromatic carbocycles. The second-order valence-electron chi connectivity index (χ2n) is 1.42. The van der Waals surface area contributed by atoms with E-state index in [0.717, 1.165) is 6.42 Å². The van der Waals surface area contributed by atoms with Crippen molar-refractivity contribution in [2.24, 2.45) is 0 Å². The molecule has 0 amide bonds. The van der Waals surface area contributed by atoms with Gasteiger partial charge in [0, 0.05) is 7.11 Å². The van der Waals surface area contributed by atoms with Gasteiger partial charge in [0.05, 0.1) is 0 Å². The van der Waals surface area contributed by atoms with E-state index in [1.54, 1.807) is 7.11 Å². The first-order chi connectivity index (χ1) is 3.81. The molecule has 0 bridgehead atoms. The van der Waals surface area contributed by atoms with Crippen LogP contribution in [-0.2, 0) is 9.47 Å². The molecule has 2 nitrogen and oxygen atoms in total. The van der Waals surface area contributed by atoms with Crippen molar-refractivity contribution in [3.8, 4) is 0 Å². The standard InChI is InChI=1S/C6H12O2/c1-4-5-8-6(2)7-3/h6H,4H2,1-3H3. The molecular weight excluding hydrogens is 104 g/mol. The molecule has 0 rings (SSSR count). The molecule has 0 N–H and O–H groups in total. The van der Waals surface area contributed by atoms with Crippen molar-refractivity contribution in [3.05, 3.63) is 6.61 Å². The molecule has 0 aliphatic rings. The molecule has 2 heteroatoms. The van der Waals surface area contributed by atoms with Gasteiger partial charge in [-0.2, -0.15) is 0 Å². The molecule has 1 unspecified atom stereocenters. The van der Waals surface area contributed by atoms with Crippen molar-refractivity contribution in [1.29, 1.82) is 0 Å². The molecule has 0 fully saturated rings. The molecule has 1 atom stereocenters. The van der Waals surface area contributed by atoms with Gasteiger partial charge in [-0.25, -0.2) is 0 Å². The lowest BCUT2D eigenvalue weighted by atomic mass is 10.5. The first-order valence-electron chi connectivity index (χ1n) is 2.72. The highest BCUT2D eigenvalue weighted by Gasteiger charge is 1.95. The Morgan fingerprint density at radius 1 is 1.62 bits per heavy atom. The van der Waals surface area contributed by atoms with E-state index in [-0.39, 0.29) is 6.29 Å². The Labute approximate surface area is 50.8 Å². The van der Waals surface area contributed by atoms with E-state index in [0.29, 0.717) is 0 Å². The topological polar surface area (TPSA) is 18.5 Å². The van der Waals surface area contributed by atoms with E-state index < -0.39 is 0 Å². The predicted octanol–water partition coefficient (Wildman–Crippen LogP) is 1.44. The summed E-state index contributed by atoms with van der Waals surface area (Å²) in [7, 11) is 1.60. The molecule has 0 saturated heterocycles. The summed E-state index contributed by atoms with van der Waals surface area (Å²) in [5, 5.41) is 0. The van der Waals surface area contributed by atoms with Crippen LogP contribution in [0.1, 0.15) is 20.3 Å². The third-order valence-corrected chi connectivity index (χ3v) is 0.726. The maximum atomic E-state index is 4.87. The van der Waals surface area contributed by atoms with Crippen LogP contribution in [0.3, 0.4) is 0 Å². The van der Waals surface area contributed by atoms with Gasteiger partial charge in [-0.15, -0.1) is 0 Å². The molecule has 0 saturated carbocycles. The fourth-order valence-electron chi connectivity index (χ4n) is 0.249. The van der Waals surface area contributed by atoms with Crippen molar-refractivity contribution < 1.29 is 9.47 Å². The summed E-state index contributed by atoms with van der Waals surface area (Å²) in [6.45, 7) is 6.46. The molecule has 0 aromatic rings. The molecule has 48 valence electrons. The van der Waals surface area contributed by atoms with E-state index in [1.807, 2.05) is 13.8 Å². The zero-order valence-corrected chi connectivity index (χ0v) is 5.60. The average molecular weight is 116 g/mol. The van der Waals surface area contributed by atoms with Crippen LogP contribution in [0.25, 0.3) is 0 Å². The Morgan fingerprint density at radius 2 is 2.25 bits per heavy atom. The first-order valence-corrected chi connectivity index (χ1v) is 2.72. The molecule has 0 aliphatic heterocycles. The largest absolute Gasteiger partial charge is 0.356 e. The molecule has 0 heterocycles. The molecule has 8 heavy (non-hydrogen) atoms. The van der Waals surface area contributed by atoms with Crippen molar-refractivity contribution in [2.75, 3.05) is 7.11 Å². The van der Waals surface area contributed by atoms with E-state index in [4.69, 9.17) is 9.47 Å². The third-order valence-electron chi connectivity index (χ3n) is 0.726. The quantitative estimate of drug-likeness (QED) is 0.517. The maximum absolute atomic E-state index is 4.87. The van der Waals surface area contributed by atoms with E-state index in [2.05, 4.69) is 6.61 Å². The first kappa shape index (κ1) is 7.92. The van der Waals surface area contributed by atoms with Gasteiger partial charge in [0.2, 0.25) is 0 Å². The maximum Gasteiger partial charge on any atom is 0.155 e. The molecular formula is C6H12O2. The van der Waals surface area contributed by atoms with Crippen molar-refractivity contribution in [3.63, 3.8) is 0 Å². The summed E-state index contributed by atoms with van der Waals surface area (Å²) in [4.78, 5) is 0. The van der Waals surface area contributed by atoms with Gasteiger partial charge in [-0.1, -0.05) is 6.92 Å². The van der Waals surface area contributed by atoms with Crippen LogP contribution < -0.4 is 0 Å². The Morgan fingerprint density at radius 3 is 2.62 bits per heavy atom. The van der Waals surface area contributed by atoms with Gasteiger partial charge in [0.25, 0.3) is 0 Å². The summed E-state index contributed by atoms with van der Waals surface area (Å²) in [6, 6.07) is 0. The van der Waals surface area contributed by atoms with E-state index >= 15 is 0 Å². The summed E-state index contributed by atoms with van der Waals surface area (Å²) < 4.78 is 9.64. The summed E-state index contributed by atoms with van der Waals surface area (Å²) >= 11 is 0. The van der Waals surface area contributed by atoms with E-state index in [9.17, 15) is 0 Å². The molecule has 0 spiro atoms. The summed E-state index contributed by atoms with van der Waals surface area (Å²) in [5.41, 5.74) is 0. The van der Waals surface area contributed by atoms with Crippen molar-refractivity contribution in [2.45, 2.75) is 26.6 Å². The Balaban J connectivity index is 2.86. The number of ether oxygens (including phenoxy) is 2. The summed E-state index contributed by atoms with van der Waals surface area (Å²) in [6.07, 6.45) is 0.642. The average Bonchev–Trinajstić information content (AvgIpc) is 1.83. The number of hydrogen-bond donors (Lipinski definition) is 0. The molecule has 2 radical (unpaired) electrons. The minimum atomic E-state index is -0.157. The smallest absolute Gasteiger partial charge is 0.155 e. The van der Waals surface area contributed by atoms with Crippen LogP contribution in [-0.4, -0.2) is 13.4 Å². The molecule has 0 aliphatic carbocycles.